The van der Waals surface area contributed by atoms with Crippen molar-refractivity contribution in [1.29, 1.82) is 5.26 Å². The van der Waals surface area contributed by atoms with Gasteiger partial charge in [-0.2, -0.15) is 5.26 Å². The number of nitriles is 1. The first-order chi connectivity index (χ1) is 11.9. The summed E-state index contributed by atoms with van der Waals surface area (Å²) >= 11 is 0. The first-order valence-corrected chi connectivity index (χ1v) is 8.58. The largest absolute Gasteiger partial charge is 1.00 e. The Bertz CT molecular complexity index is 876. The summed E-state index contributed by atoms with van der Waals surface area (Å²) in [6.07, 6.45) is 1.64. The predicted octanol–water partition coefficient (Wildman–Crippen LogP) is 0.356. The van der Waals surface area contributed by atoms with Gasteiger partial charge in [-0.25, -0.2) is 4.57 Å². The number of nitrogens with zero attached hydrogens (tertiary/aromatic N) is 1. The second-order valence-corrected chi connectivity index (χ2v) is 6.05. The summed E-state index contributed by atoms with van der Waals surface area (Å²) in [7, 11) is -1.56. The van der Waals surface area contributed by atoms with Crippen LogP contribution in [0.1, 0.15) is 12.6 Å². The number of hydrogen-bond donors (Lipinski definition) is 2. The normalized spacial score (nSPS) is 11.1. The number of phosphoric acid groups is 1. The molecule has 0 bridgehead atoms. The van der Waals surface area contributed by atoms with E-state index in [2.05, 4.69) is 10.6 Å². The zero-order valence-corrected chi connectivity index (χ0v) is 17.4. The first-order valence-electron chi connectivity index (χ1n) is 7.05. The van der Waals surface area contributed by atoms with Crippen molar-refractivity contribution in [3.63, 3.8) is 0 Å². The van der Waals surface area contributed by atoms with E-state index in [0.29, 0.717) is 28.2 Å². The number of ether oxygens (including phenoxy) is 2. The zero-order chi connectivity index (χ0) is 18.4. The van der Waals surface area contributed by atoms with Crippen molar-refractivity contribution in [1.82, 2.24) is 0 Å². The van der Waals surface area contributed by atoms with Crippen molar-refractivity contribution >= 4 is 19.5 Å². The molecular formula is C17H17NNaO6P. The summed E-state index contributed by atoms with van der Waals surface area (Å²) in [5, 5.41) is 9.42. The molecule has 2 aromatic carbocycles. The molecule has 9 heteroatoms. The number of allylic oxidation sites excluding steroid dienone is 1. The van der Waals surface area contributed by atoms with Crippen LogP contribution in [0.5, 0.6) is 17.2 Å². The molecule has 0 aromatic heterocycles. The second kappa shape index (κ2) is 9.79. The topological polar surface area (TPSA) is 109 Å². The van der Waals surface area contributed by atoms with E-state index in [-0.39, 0.29) is 36.7 Å². The van der Waals surface area contributed by atoms with E-state index in [0.717, 1.165) is 0 Å². The van der Waals surface area contributed by atoms with E-state index in [1.807, 2.05) is 0 Å². The zero-order valence-electron chi connectivity index (χ0n) is 15.5. The molecule has 0 fully saturated rings. The van der Waals surface area contributed by atoms with Gasteiger partial charge in [-0.3, -0.25) is 9.79 Å². The molecule has 0 aliphatic carbocycles. The van der Waals surface area contributed by atoms with Gasteiger partial charge >= 0.3 is 37.4 Å². The van der Waals surface area contributed by atoms with Gasteiger partial charge in [0.1, 0.15) is 5.75 Å². The summed E-state index contributed by atoms with van der Waals surface area (Å²) in [6.45, 7) is 0. The number of hydrogen-bond acceptors (Lipinski definition) is 5. The summed E-state index contributed by atoms with van der Waals surface area (Å²) in [6, 6.07) is 13.2. The predicted molar refractivity (Wildman–Crippen MR) is 93.3 cm³/mol. The summed E-state index contributed by atoms with van der Waals surface area (Å²) in [4.78, 5) is 17.6. The van der Waals surface area contributed by atoms with E-state index in [1.165, 1.54) is 26.4 Å². The summed E-state index contributed by atoms with van der Waals surface area (Å²) in [5.74, 6) is 1.10. The fourth-order valence-electron chi connectivity index (χ4n) is 2.11. The molecule has 0 saturated carbocycles. The molecule has 132 valence electrons. The third kappa shape index (κ3) is 6.19. The Hall–Kier alpha value is -1.78. The molecule has 2 rings (SSSR count). The fraction of sp³-hybridized carbons (Fsp3) is 0.118. The van der Waals surface area contributed by atoms with Gasteiger partial charge in [0.25, 0.3) is 0 Å². The monoisotopic (exact) mass is 385 g/mol. The maximum absolute atomic E-state index is 10.8. The molecule has 0 heterocycles. The Balaban J connectivity index is 0.00000338. The van der Waals surface area contributed by atoms with Gasteiger partial charge in [-0.1, -0.05) is 12.1 Å². The van der Waals surface area contributed by atoms with Gasteiger partial charge in [0.05, 0.1) is 25.9 Å². The van der Waals surface area contributed by atoms with Crippen molar-refractivity contribution < 1.29 is 59.3 Å². The van der Waals surface area contributed by atoms with Gasteiger partial charge in [0.2, 0.25) is 0 Å². The molecular weight excluding hydrogens is 368 g/mol. The smallest absolute Gasteiger partial charge is 1.00 e. The van der Waals surface area contributed by atoms with E-state index in [4.69, 9.17) is 19.3 Å². The molecule has 0 spiro atoms. The van der Waals surface area contributed by atoms with Gasteiger partial charge in [0, 0.05) is 0 Å². The van der Waals surface area contributed by atoms with Crippen LogP contribution in [0.2, 0.25) is 0 Å². The molecule has 0 amide bonds. The van der Waals surface area contributed by atoms with E-state index >= 15 is 0 Å². The molecule has 0 aliphatic rings. The quantitative estimate of drug-likeness (QED) is 0.320. The van der Waals surface area contributed by atoms with Gasteiger partial charge in [-0.05, 0) is 47.5 Å². The summed E-state index contributed by atoms with van der Waals surface area (Å²) < 4.78 is 25.7. The van der Waals surface area contributed by atoms with E-state index < -0.39 is 7.82 Å². The van der Waals surface area contributed by atoms with Crippen LogP contribution in [0.15, 0.2) is 42.5 Å². The number of rotatable bonds is 6. The molecule has 7 nitrogen and oxygen atoms in total. The molecule has 0 aliphatic heterocycles. The van der Waals surface area contributed by atoms with Crippen molar-refractivity contribution in [2.45, 2.75) is 0 Å². The van der Waals surface area contributed by atoms with Crippen LogP contribution in [-0.2, 0) is 4.57 Å². The summed E-state index contributed by atoms with van der Waals surface area (Å²) in [5.41, 5.74) is 1.71. The fourth-order valence-corrected chi connectivity index (χ4v) is 2.51. The standard InChI is InChI=1S/C17H16NO6P.Na.H/c1-22-16-8-5-13(10-17(16)23-2)14(11-18)9-12-3-6-15(7-4-12)24-25(19,20)21;;/h3-10H,1-2H3,(H2,19,20,21);;/q;+1;-1/b14-9+;;. The van der Waals surface area contributed by atoms with Gasteiger partial charge in [-0.15, -0.1) is 0 Å². The first kappa shape index (κ1) is 22.3. The van der Waals surface area contributed by atoms with Gasteiger partial charge < -0.3 is 15.4 Å². The Morgan fingerprint density at radius 1 is 1.12 bits per heavy atom. The minimum absolute atomic E-state index is 0. The van der Waals surface area contributed by atoms with Crippen LogP contribution in [0.25, 0.3) is 11.6 Å². The van der Waals surface area contributed by atoms with E-state index in [1.54, 1.807) is 36.4 Å². The molecule has 26 heavy (non-hydrogen) atoms. The van der Waals surface area contributed by atoms with E-state index in [9.17, 15) is 9.83 Å². The Labute approximate surface area is 174 Å². The van der Waals surface area contributed by atoms with Crippen LogP contribution < -0.4 is 43.6 Å². The molecule has 2 N–H and O–H groups in total. The van der Waals surface area contributed by atoms with Crippen molar-refractivity contribution in [2.75, 3.05) is 14.2 Å². The Morgan fingerprint density at radius 3 is 2.23 bits per heavy atom. The van der Waals surface area contributed by atoms with Crippen molar-refractivity contribution in [3.8, 4) is 23.3 Å². The molecule has 0 unspecified atom stereocenters. The maximum Gasteiger partial charge on any atom is 1.00 e. The number of phosphoric ester groups is 1. The number of benzene rings is 2. The third-order valence-electron chi connectivity index (χ3n) is 3.23. The van der Waals surface area contributed by atoms with Crippen molar-refractivity contribution in [2.24, 2.45) is 0 Å². The van der Waals surface area contributed by atoms with Crippen LogP contribution in [-0.4, -0.2) is 24.0 Å². The molecule has 0 saturated heterocycles. The second-order valence-electron chi connectivity index (χ2n) is 4.89. The van der Waals surface area contributed by atoms with Crippen LogP contribution in [0.3, 0.4) is 0 Å². The SMILES string of the molecule is COc1ccc(/C(C#N)=C/c2ccc(OP(=O)(O)O)cc2)cc1OC.[H-].[Na+]. The Kier molecular flexibility index (Phi) is 8.38. The minimum atomic E-state index is -4.59. The average Bonchev–Trinajstić information content (AvgIpc) is 2.59. The molecule has 0 atom stereocenters. The Morgan fingerprint density at radius 2 is 1.73 bits per heavy atom. The van der Waals surface area contributed by atoms with Crippen molar-refractivity contribution in [3.05, 3.63) is 53.6 Å². The third-order valence-corrected chi connectivity index (χ3v) is 3.68. The van der Waals surface area contributed by atoms with Crippen LogP contribution in [0.4, 0.5) is 0 Å². The van der Waals surface area contributed by atoms with Crippen LogP contribution in [0, 0.1) is 11.3 Å². The minimum Gasteiger partial charge on any atom is -1.00 e. The van der Waals surface area contributed by atoms with Crippen LogP contribution >= 0.6 is 7.82 Å². The molecule has 2 aromatic rings. The van der Waals surface area contributed by atoms with Gasteiger partial charge in [0.15, 0.2) is 11.5 Å². The maximum atomic E-state index is 10.8. The number of methoxy groups -OCH3 is 2. The molecule has 0 radical (unpaired) electrons. The average molecular weight is 385 g/mol.